The van der Waals surface area contributed by atoms with Crippen molar-refractivity contribution in [3.05, 3.63) is 53.3 Å². The Balaban J connectivity index is 2.04. The van der Waals surface area contributed by atoms with Crippen molar-refractivity contribution in [2.24, 2.45) is 0 Å². The maximum Gasteiger partial charge on any atom is 0.222 e. The van der Waals surface area contributed by atoms with Crippen molar-refractivity contribution in [1.29, 1.82) is 0 Å². The molecule has 1 atom stereocenters. The van der Waals surface area contributed by atoms with Crippen LogP contribution in [0.4, 0.5) is 5.95 Å². The predicted octanol–water partition coefficient (Wildman–Crippen LogP) is 4.17. The maximum atomic E-state index is 12.0. The number of nitrogens with zero attached hydrogens (tertiary/aromatic N) is 2. The monoisotopic (exact) mass is 335 g/mol. The van der Waals surface area contributed by atoms with E-state index in [1.54, 1.807) is 12.4 Å². The Hall–Kier alpha value is -2.67. The van der Waals surface area contributed by atoms with E-state index in [0.29, 0.717) is 18.4 Å². The fourth-order valence-corrected chi connectivity index (χ4v) is 2.37. The standard InChI is InChI=1S/C21H25N3O/c1-5-6-20(25)16(4)19-11-9-17(10-12-19)7-8-18-13-22-21(23-14-18)24-15(2)3/h9-16H,5-6H2,1-4H3,(H,22,23,24). The molecule has 4 heteroatoms. The van der Waals surface area contributed by atoms with Crippen molar-refractivity contribution < 1.29 is 4.79 Å². The van der Waals surface area contributed by atoms with Crippen LogP contribution in [0.1, 0.15) is 63.1 Å². The zero-order valence-corrected chi connectivity index (χ0v) is 15.3. The first-order valence-corrected chi connectivity index (χ1v) is 8.73. The molecule has 130 valence electrons. The Bertz CT molecular complexity index is 752. The summed E-state index contributed by atoms with van der Waals surface area (Å²) in [5.74, 6) is 7.00. The predicted molar refractivity (Wildman–Crippen MR) is 102 cm³/mol. The van der Waals surface area contributed by atoms with Crippen molar-refractivity contribution >= 4 is 11.7 Å². The molecule has 4 nitrogen and oxygen atoms in total. The van der Waals surface area contributed by atoms with Gasteiger partial charge in [-0.2, -0.15) is 0 Å². The molecule has 0 saturated heterocycles. The number of aromatic nitrogens is 2. The van der Waals surface area contributed by atoms with E-state index < -0.39 is 0 Å². The molecule has 0 bridgehead atoms. The lowest BCUT2D eigenvalue weighted by Gasteiger charge is -2.10. The number of rotatable bonds is 6. The largest absolute Gasteiger partial charge is 0.352 e. The van der Waals surface area contributed by atoms with Crippen molar-refractivity contribution in [3.63, 3.8) is 0 Å². The second-order valence-electron chi connectivity index (χ2n) is 6.40. The SMILES string of the molecule is CCCC(=O)C(C)c1ccc(C#Cc2cnc(NC(C)C)nc2)cc1. The van der Waals surface area contributed by atoms with Crippen molar-refractivity contribution in [2.45, 2.75) is 52.5 Å². The van der Waals surface area contributed by atoms with E-state index >= 15 is 0 Å². The zero-order chi connectivity index (χ0) is 18.2. The first-order valence-electron chi connectivity index (χ1n) is 8.73. The molecule has 1 aromatic heterocycles. The summed E-state index contributed by atoms with van der Waals surface area (Å²) in [6.07, 6.45) is 4.94. The lowest BCUT2D eigenvalue weighted by molar-refractivity contribution is -0.120. The van der Waals surface area contributed by atoms with E-state index in [0.717, 1.165) is 23.1 Å². The van der Waals surface area contributed by atoms with Gasteiger partial charge in [-0.15, -0.1) is 0 Å². The number of benzene rings is 1. The van der Waals surface area contributed by atoms with Gasteiger partial charge in [-0.3, -0.25) is 4.79 Å². The van der Waals surface area contributed by atoms with Crippen LogP contribution in [0.2, 0.25) is 0 Å². The lowest BCUT2D eigenvalue weighted by atomic mass is 9.93. The highest BCUT2D eigenvalue weighted by Gasteiger charge is 2.13. The summed E-state index contributed by atoms with van der Waals surface area (Å²) in [5, 5.41) is 3.14. The maximum absolute atomic E-state index is 12.0. The summed E-state index contributed by atoms with van der Waals surface area (Å²) < 4.78 is 0. The number of ketones is 1. The van der Waals surface area contributed by atoms with Gasteiger partial charge in [0, 0.05) is 36.3 Å². The number of carbonyl (C=O) groups excluding carboxylic acids is 1. The van der Waals surface area contributed by atoms with Crippen molar-refractivity contribution in [2.75, 3.05) is 5.32 Å². The van der Waals surface area contributed by atoms with E-state index in [-0.39, 0.29) is 11.7 Å². The second kappa shape index (κ2) is 8.98. The van der Waals surface area contributed by atoms with Crippen LogP contribution in [0.25, 0.3) is 0 Å². The quantitative estimate of drug-likeness (QED) is 0.805. The number of hydrogen-bond donors (Lipinski definition) is 1. The molecule has 0 fully saturated rings. The molecule has 0 radical (unpaired) electrons. The molecule has 2 rings (SSSR count). The van der Waals surface area contributed by atoms with Gasteiger partial charge in [0.05, 0.1) is 5.56 Å². The van der Waals surface area contributed by atoms with Crippen molar-refractivity contribution in [3.8, 4) is 11.8 Å². The highest BCUT2D eigenvalue weighted by atomic mass is 16.1. The zero-order valence-electron chi connectivity index (χ0n) is 15.3. The fraction of sp³-hybridized carbons (Fsp3) is 0.381. The van der Waals surface area contributed by atoms with Gasteiger partial charge in [0.2, 0.25) is 5.95 Å². The smallest absolute Gasteiger partial charge is 0.222 e. The van der Waals surface area contributed by atoms with Crippen LogP contribution in [0, 0.1) is 11.8 Å². The summed E-state index contributed by atoms with van der Waals surface area (Å²) in [6, 6.07) is 8.16. The van der Waals surface area contributed by atoms with Crippen LogP contribution in [0.5, 0.6) is 0 Å². The Labute approximate surface area is 150 Å². The van der Waals surface area contributed by atoms with Crippen molar-refractivity contribution in [1.82, 2.24) is 9.97 Å². The summed E-state index contributed by atoms with van der Waals surface area (Å²) in [4.78, 5) is 20.5. The van der Waals surface area contributed by atoms with Gasteiger partial charge in [0.15, 0.2) is 0 Å². The topological polar surface area (TPSA) is 54.9 Å². The second-order valence-corrected chi connectivity index (χ2v) is 6.40. The van der Waals surface area contributed by atoms with Crippen LogP contribution in [-0.2, 0) is 4.79 Å². The number of Topliss-reactive ketones (excluding diaryl/α,β-unsaturated/α-hetero) is 1. The van der Waals surface area contributed by atoms with Crippen LogP contribution in [0.3, 0.4) is 0 Å². The van der Waals surface area contributed by atoms with E-state index in [1.807, 2.05) is 52.0 Å². The molecule has 0 spiro atoms. The molecule has 0 aliphatic rings. The number of carbonyl (C=O) groups is 1. The minimum Gasteiger partial charge on any atom is -0.352 e. The van der Waals surface area contributed by atoms with Crippen LogP contribution >= 0.6 is 0 Å². The van der Waals surface area contributed by atoms with E-state index in [9.17, 15) is 4.79 Å². The number of hydrogen-bond acceptors (Lipinski definition) is 4. The highest BCUT2D eigenvalue weighted by Crippen LogP contribution is 2.18. The molecule has 0 amide bonds. The van der Waals surface area contributed by atoms with E-state index in [1.165, 1.54) is 0 Å². The van der Waals surface area contributed by atoms with Gasteiger partial charge < -0.3 is 5.32 Å². The van der Waals surface area contributed by atoms with E-state index in [2.05, 4.69) is 27.1 Å². The summed E-state index contributed by atoms with van der Waals surface area (Å²) in [6.45, 7) is 8.07. The van der Waals surface area contributed by atoms with Gasteiger partial charge in [-0.05, 0) is 38.0 Å². The molecule has 0 saturated carbocycles. The van der Waals surface area contributed by atoms with Gasteiger partial charge in [0.1, 0.15) is 5.78 Å². The molecule has 1 heterocycles. The Kier molecular flexibility index (Phi) is 6.71. The minimum atomic E-state index is -0.0589. The molecular formula is C21H25N3O. The van der Waals surface area contributed by atoms with Gasteiger partial charge in [-0.25, -0.2) is 9.97 Å². The molecule has 0 aliphatic carbocycles. The number of nitrogens with one attached hydrogen (secondary N) is 1. The van der Waals surface area contributed by atoms with Gasteiger partial charge in [-0.1, -0.05) is 37.8 Å². The van der Waals surface area contributed by atoms with Gasteiger partial charge in [0.25, 0.3) is 0 Å². The third kappa shape index (κ3) is 5.72. The summed E-state index contributed by atoms with van der Waals surface area (Å²) >= 11 is 0. The number of anilines is 1. The average molecular weight is 335 g/mol. The Morgan fingerprint density at radius 3 is 2.20 bits per heavy atom. The molecule has 1 unspecified atom stereocenters. The Morgan fingerprint density at radius 1 is 1.04 bits per heavy atom. The Morgan fingerprint density at radius 2 is 1.64 bits per heavy atom. The first kappa shape index (κ1) is 18.7. The van der Waals surface area contributed by atoms with Crippen LogP contribution in [0.15, 0.2) is 36.7 Å². The normalized spacial score (nSPS) is 11.6. The third-order valence-electron chi connectivity index (χ3n) is 3.81. The minimum absolute atomic E-state index is 0.0589. The summed E-state index contributed by atoms with van der Waals surface area (Å²) in [5.41, 5.74) is 2.71. The lowest BCUT2D eigenvalue weighted by Crippen LogP contribution is -2.12. The fourth-order valence-electron chi connectivity index (χ4n) is 2.37. The van der Waals surface area contributed by atoms with Crippen LogP contribution < -0.4 is 5.32 Å². The summed E-state index contributed by atoms with van der Waals surface area (Å²) in [7, 11) is 0. The average Bonchev–Trinajstić information content (AvgIpc) is 2.61. The highest BCUT2D eigenvalue weighted by molar-refractivity contribution is 5.85. The molecule has 1 N–H and O–H groups in total. The first-order chi connectivity index (χ1) is 12.0. The molecule has 1 aromatic carbocycles. The van der Waals surface area contributed by atoms with Gasteiger partial charge >= 0.3 is 0 Å². The third-order valence-corrected chi connectivity index (χ3v) is 3.81. The molecular weight excluding hydrogens is 310 g/mol. The molecule has 2 aromatic rings. The van der Waals surface area contributed by atoms with E-state index in [4.69, 9.17) is 0 Å². The molecule has 25 heavy (non-hydrogen) atoms. The molecule has 0 aliphatic heterocycles. The van der Waals surface area contributed by atoms with Crippen LogP contribution in [-0.4, -0.2) is 21.8 Å².